The summed E-state index contributed by atoms with van der Waals surface area (Å²) in [5.41, 5.74) is 0. The van der Waals surface area contributed by atoms with Crippen LogP contribution < -0.4 is 0 Å². The van der Waals surface area contributed by atoms with E-state index in [2.05, 4.69) is 37.5 Å². The zero-order valence-electron chi connectivity index (χ0n) is 13.1. The van der Waals surface area contributed by atoms with Crippen molar-refractivity contribution in [3.8, 4) is 0 Å². The molecule has 2 radical (unpaired) electrons. The van der Waals surface area contributed by atoms with Crippen molar-refractivity contribution in [3.63, 3.8) is 0 Å². The van der Waals surface area contributed by atoms with Crippen LogP contribution in [0.4, 0.5) is 0 Å². The van der Waals surface area contributed by atoms with E-state index in [0.29, 0.717) is 0 Å². The fourth-order valence-corrected chi connectivity index (χ4v) is 3.72. The van der Waals surface area contributed by atoms with Gasteiger partial charge in [0, 0.05) is 0 Å². The van der Waals surface area contributed by atoms with Gasteiger partial charge in [0.2, 0.25) is 0 Å². The van der Waals surface area contributed by atoms with Crippen LogP contribution in [0.5, 0.6) is 0 Å². The van der Waals surface area contributed by atoms with Crippen LogP contribution in [0.2, 0.25) is 3.67 Å². The van der Waals surface area contributed by atoms with Crippen LogP contribution in [0.3, 0.4) is 0 Å². The molecule has 106 valence electrons. The average molecular weight is 356 g/mol. The Morgan fingerprint density at radius 3 is 1.33 bits per heavy atom. The van der Waals surface area contributed by atoms with Gasteiger partial charge in [-0.05, 0) is 0 Å². The van der Waals surface area contributed by atoms with Crippen molar-refractivity contribution in [1.29, 1.82) is 0 Å². The topological polar surface area (TPSA) is 6.48 Å². The van der Waals surface area contributed by atoms with Gasteiger partial charge in [-0.2, -0.15) is 0 Å². The second-order valence-corrected chi connectivity index (χ2v) is 7.79. The molecule has 0 heterocycles. The fraction of sp³-hybridized carbons (Fsp3) is 1.00. The Labute approximate surface area is 130 Å². The van der Waals surface area contributed by atoms with Gasteiger partial charge in [-0.25, -0.2) is 0 Å². The van der Waals surface area contributed by atoms with E-state index in [1.807, 2.05) is 0 Å². The molecule has 0 aliphatic carbocycles. The Balaban J connectivity index is 3.50. The van der Waals surface area contributed by atoms with Crippen molar-refractivity contribution in [2.75, 3.05) is 39.3 Å². The molecule has 0 atom stereocenters. The molecular formula is C15H33InN2. The minimum absolute atomic E-state index is 1.03. The monoisotopic (exact) mass is 356 g/mol. The molecule has 0 rings (SSSR count). The van der Waals surface area contributed by atoms with Crippen LogP contribution in [0.1, 0.15) is 53.4 Å². The molecule has 0 amide bonds. The van der Waals surface area contributed by atoms with Gasteiger partial charge in [0.1, 0.15) is 0 Å². The van der Waals surface area contributed by atoms with E-state index in [-0.39, 0.29) is 0 Å². The number of hydrogen-bond donors (Lipinski definition) is 0. The van der Waals surface area contributed by atoms with Gasteiger partial charge in [-0.3, -0.25) is 0 Å². The SMILES string of the molecule is CCN(CC)CCC[CH]([In])CCCN(CC)CC. The molecule has 0 aromatic carbocycles. The van der Waals surface area contributed by atoms with Crippen LogP contribution in [0.25, 0.3) is 0 Å². The summed E-state index contributed by atoms with van der Waals surface area (Å²) in [6.45, 7) is 16.5. The zero-order valence-corrected chi connectivity index (χ0v) is 16.4. The second-order valence-electron chi connectivity index (χ2n) is 5.10. The van der Waals surface area contributed by atoms with E-state index >= 15 is 0 Å². The van der Waals surface area contributed by atoms with Crippen LogP contribution >= 0.6 is 0 Å². The van der Waals surface area contributed by atoms with E-state index in [9.17, 15) is 0 Å². The van der Waals surface area contributed by atoms with Crippen molar-refractivity contribution in [1.82, 2.24) is 9.80 Å². The van der Waals surface area contributed by atoms with E-state index in [1.165, 1.54) is 89.3 Å². The predicted octanol–water partition coefficient (Wildman–Crippen LogP) is 3.19. The average Bonchev–Trinajstić information content (AvgIpc) is 2.40. The molecule has 0 saturated carbocycles. The molecule has 0 spiro atoms. The van der Waals surface area contributed by atoms with Gasteiger partial charge in [-0.15, -0.1) is 0 Å². The maximum absolute atomic E-state index is 2.54. The Morgan fingerprint density at radius 1 is 0.722 bits per heavy atom. The summed E-state index contributed by atoms with van der Waals surface area (Å²) in [6.07, 6.45) is 5.71. The summed E-state index contributed by atoms with van der Waals surface area (Å²) >= 11 is 1.45. The summed E-state index contributed by atoms with van der Waals surface area (Å²) < 4.78 is 1.03. The fourth-order valence-electron chi connectivity index (χ4n) is 2.38. The van der Waals surface area contributed by atoms with Crippen LogP contribution in [-0.4, -0.2) is 73.4 Å². The third kappa shape index (κ3) is 9.69. The van der Waals surface area contributed by atoms with Crippen molar-refractivity contribution >= 4 is 24.4 Å². The third-order valence-corrected chi connectivity index (χ3v) is 5.79. The summed E-state index contributed by atoms with van der Waals surface area (Å²) in [7, 11) is 0. The Hall–Kier alpha value is 0.790. The number of nitrogens with zero attached hydrogens (tertiary/aromatic N) is 2. The van der Waals surface area contributed by atoms with Gasteiger partial charge in [0.05, 0.1) is 0 Å². The molecule has 0 unspecified atom stereocenters. The summed E-state index contributed by atoms with van der Waals surface area (Å²) in [4.78, 5) is 5.09. The van der Waals surface area contributed by atoms with E-state index < -0.39 is 0 Å². The quantitative estimate of drug-likeness (QED) is 0.530. The molecule has 0 aliphatic heterocycles. The first kappa shape index (κ1) is 18.8. The zero-order chi connectivity index (χ0) is 13.8. The first-order chi connectivity index (χ1) is 8.67. The predicted molar refractivity (Wildman–Crippen MR) is 83.5 cm³/mol. The molecule has 2 nitrogen and oxygen atoms in total. The standard InChI is InChI=1S/C15H33N2.In/c1-5-16(6-2)14-12-10-9-11-13-15-17(7-3)8-4;/h9H,5-8,10-15H2,1-4H3;. The molecule has 0 aromatic rings. The number of hydrogen-bond acceptors (Lipinski definition) is 2. The Morgan fingerprint density at radius 2 is 1.06 bits per heavy atom. The summed E-state index contributed by atoms with van der Waals surface area (Å²) in [5.74, 6) is 0. The van der Waals surface area contributed by atoms with Crippen LogP contribution in [-0.2, 0) is 0 Å². The Kier molecular flexibility index (Phi) is 13.4. The number of rotatable bonds is 12. The van der Waals surface area contributed by atoms with E-state index in [0.717, 1.165) is 3.67 Å². The van der Waals surface area contributed by atoms with E-state index in [4.69, 9.17) is 0 Å². The third-order valence-electron chi connectivity index (χ3n) is 3.89. The summed E-state index contributed by atoms with van der Waals surface area (Å²) in [5, 5.41) is 0. The van der Waals surface area contributed by atoms with E-state index in [1.54, 1.807) is 0 Å². The van der Waals surface area contributed by atoms with Crippen molar-refractivity contribution in [2.45, 2.75) is 57.1 Å². The molecule has 0 bridgehead atoms. The van der Waals surface area contributed by atoms with Gasteiger partial charge >= 0.3 is 130 Å². The normalized spacial score (nSPS) is 11.9. The molecular weight excluding hydrogens is 323 g/mol. The molecule has 0 aromatic heterocycles. The summed E-state index contributed by atoms with van der Waals surface area (Å²) in [6, 6.07) is 0. The van der Waals surface area contributed by atoms with Crippen molar-refractivity contribution < 1.29 is 0 Å². The van der Waals surface area contributed by atoms with Crippen LogP contribution in [0.15, 0.2) is 0 Å². The molecule has 0 aliphatic rings. The first-order valence-corrected chi connectivity index (χ1v) is 9.78. The van der Waals surface area contributed by atoms with Crippen molar-refractivity contribution in [3.05, 3.63) is 0 Å². The van der Waals surface area contributed by atoms with Gasteiger partial charge in [0.15, 0.2) is 0 Å². The maximum atomic E-state index is 2.54. The minimum atomic E-state index is 1.03. The van der Waals surface area contributed by atoms with Crippen LogP contribution in [0, 0.1) is 0 Å². The van der Waals surface area contributed by atoms with Crippen molar-refractivity contribution in [2.24, 2.45) is 0 Å². The molecule has 0 N–H and O–H groups in total. The second kappa shape index (κ2) is 12.8. The molecule has 3 heteroatoms. The van der Waals surface area contributed by atoms with Gasteiger partial charge < -0.3 is 0 Å². The molecule has 0 saturated heterocycles. The Bertz CT molecular complexity index is 150. The van der Waals surface area contributed by atoms with Gasteiger partial charge in [0.25, 0.3) is 0 Å². The molecule has 0 fully saturated rings. The molecule has 18 heavy (non-hydrogen) atoms. The first-order valence-electron chi connectivity index (χ1n) is 7.88. The van der Waals surface area contributed by atoms with Gasteiger partial charge in [-0.1, -0.05) is 0 Å².